The third-order valence-electron chi connectivity index (χ3n) is 4.03. The van der Waals surface area contributed by atoms with Crippen molar-refractivity contribution in [3.05, 3.63) is 63.0 Å². The van der Waals surface area contributed by atoms with Crippen LogP contribution in [0, 0.1) is 9.39 Å². The van der Waals surface area contributed by atoms with Crippen LogP contribution in [0.1, 0.15) is 5.56 Å². The fraction of sp³-hybridized carbons (Fsp3) is 0.100. The van der Waals surface area contributed by atoms with Gasteiger partial charge in [0.05, 0.1) is 16.4 Å². The van der Waals surface area contributed by atoms with Gasteiger partial charge in [0, 0.05) is 0 Å². The van der Waals surface area contributed by atoms with Crippen molar-refractivity contribution in [2.24, 2.45) is 0 Å². The number of thiocarbonyl (C=S) groups is 1. The molecule has 0 bridgehead atoms. The molecule has 0 saturated carbocycles. The second kappa shape index (κ2) is 9.30. The SMILES string of the molecule is COC(=O)COc1ccc(/C=C2/C(=O)NC(=S)N(c3ccc(F)cc3)C2=O)cc1I. The van der Waals surface area contributed by atoms with E-state index in [1.807, 2.05) is 22.6 Å². The van der Waals surface area contributed by atoms with E-state index in [-0.39, 0.29) is 17.3 Å². The number of carbonyl (C=O) groups is 3. The van der Waals surface area contributed by atoms with Gasteiger partial charge in [-0.05, 0) is 82.8 Å². The summed E-state index contributed by atoms with van der Waals surface area (Å²) in [5.41, 5.74) is 0.764. The zero-order chi connectivity index (χ0) is 21.8. The highest BCUT2D eigenvalue weighted by Crippen LogP contribution is 2.26. The lowest BCUT2D eigenvalue weighted by atomic mass is 10.1. The number of halogens is 2. The summed E-state index contributed by atoms with van der Waals surface area (Å²) in [4.78, 5) is 37.6. The topological polar surface area (TPSA) is 84.9 Å². The average Bonchev–Trinajstić information content (AvgIpc) is 2.71. The number of nitrogens with one attached hydrogen (secondary N) is 1. The fourth-order valence-corrected chi connectivity index (χ4v) is 3.54. The summed E-state index contributed by atoms with van der Waals surface area (Å²) in [6.07, 6.45) is 1.42. The van der Waals surface area contributed by atoms with Gasteiger partial charge in [-0.2, -0.15) is 0 Å². The largest absolute Gasteiger partial charge is 0.481 e. The number of benzene rings is 2. The molecule has 10 heteroatoms. The van der Waals surface area contributed by atoms with E-state index in [0.29, 0.717) is 20.6 Å². The minimum atomic E-state index is -0.635. The van der Waals surface area contributed by atoms with E-state index >= 15 is 0 Å². The summed E-state index contributed by atoms with van der Waals surface area (Å²) in [6, 6.07) is 10.1. The molecule has 2 amide bonds. The predicted molar refractivity (Wildman–Crippen MR) is 119 cm³/mol. The lowest BCUT2D eigenvalue weighted by molar-refractivity contribution is -0.143. The van der Waals surface area contributed by atoms with Crippen molar-refractivity contribution >= 4 is 69.5 Å². The summed E-state index contributed by atoms with van der Waals surface area (Å²) in [7, 11) is 1.26. The number of amides is 2. The maximum Gasteiger partial charge on any atom is 0.343 e. The molecule has 1 aliphatic heterocycles. The molecule has 0 atom stereocenters. The molecule has 30 heavy (non-hydrogen) atoms. The Morgan fingerprint density at radius 3 is 2.57 bits per heavy atom. The Morgan fingerprint density at radius 1 is 1.23 bits per heavy atom. The molecule has 0 radical (unpaired) electrons. The first-order valence-corrected chi connectivity index (χ1v) is 9.95. The number of carbonyl (C=O) groups excluding carboxylic acids is 3. The Balaban J connectivity index is 1.88. The number of hydrogen-bond donors (Lipinski definition) is 1. The van der Waals surface area contributed by atoms with Crippen molar-refractivity contribution in [2.45, 2.75) is 0 Å². The molecular weight excluding hydrogens is 526 g/mol. The number of hydrogen-bond acceptors (Lipinski definition) is 6. The van der Waals surface area contributed by atoms with Crippen molar-refractivity contribution in [1.82, 2.24) is 5.32 Å². The number of rotatable bonds is 5. The standard InChI is InChI=1S/C20H14FIN2O5S/c1-28-17(25)10-29-16-7-2-11(9-15(16)22)8-14-18(26)23-20(30)24(19(14)27)13-5-3-12(21)4-6-13/h2-9H,10H2,1H3,(H,23,26,30)/b14-8-. The number of ether oxygens (including phenoxy) is 2. The van der Waals surface area contributed by atoms with Gasteiger partial charge in [-0.25, -0.2) is 9.18 Å². The van der Waals surface area contributed by atoms with Crippen LogP contribution in [-0.2, 0) is 19.1 Å². The Labute approximate surface area is 190 Å². The smallest absolute Gasteiger partial charge is 0.343 e. The molecule has 3 rings (SSSR count). The molecular formula is C20H14FIN2O5S. The van der Waals surface area contributed by atoms with Crippen LogP contribution >= 0.6 is 34.8 Å². The van der Waals surface area contributed by atoms with Gasteiger partial charge in [0.25, 0.3) is 11.8 Å². The molecule has 2 aromatic rings. The first kappa shape index (κ1) is 21.8. The van der Waals surface area contributed by atoms with Crippen molar-refractivity contribution in [2.75, 3.05) is 18.6 Å². The third kappa shape index (κ3) is 4.82. The average molecular weight is 540 g/mol. The molecule has 1 N–H and O–H groups in total. The van der Waals surface area contributed by atoms with E-state index in [4.69, 9.17) is 17.0 Å². The highest BCUT2D eigenvalue weighted by Gasteiger charge is 2.34. The van der Waals surface area contributed by atoms with Crippen LogP contribution < -0.4 is 15.0 Å². The van der Waals surface area contributed by atoms with Gasteiger partial charge in [0.15, 0.2) is 11.7 Å². The van der Waals surface area contributed by atoms with Crippen LogP contribution in [0.5, 0.6) is 5.75 Å². The van der Waals surface area contributed by atoms with Gasteiger partial charge in [0.1, 0.15) is 17.1 Å². The van der Waals surface area contributed by atoms with Crippen molar-refractivity contribution in [1.29, 1.82) is 0 Å². The molecule has 2 aromatic carbocycles. The van der Waals surface area contributed by atoms with Gasteiger partial charge in [-0.15, -0.1) is 0 Å². The summed E-state index contributed by atoms with van der Waals surface area (Å²) < 4.78 is 23.8. The normalized spacial score (nSPS) is 15.2. The zero-order valence-corrected chi connectivity index (χ0v) is 18.5. The Hall–Kier alpha value is -2.86. The van der Waals surface area contributed by atoms with E-state index in [2.05, 4.69) is 10.1 Å². The van der Waals surface area contributed by atoms with Crippen LogP contribution in [0.2, 0.25) is 0 Å². The Morgan fingerprint density at radius 2 is 1.93 bits per heavy atom. The maximum absolute atomic E-state index is 13.2. The molecule has 0 aliphatic carbocycles. The number of anilines is 1. The van der Waals surface area contributed by atoms with Crippen LogP contribution in [0.15, 0.2) is 48.0 Å². The minimum Gasteiger partial charge on any atom is -0.481 e. The lowest BCUT2D eigenvalue weighted by Gasteiger charge is -2.28. The summed E-state index contributed by atoms with van der Waals surface area (Å²) in [5.74, 6) is -1.78. The highest BCUT2D eigenvalue weighted by molar-refractivity contribution is 14.1. The Kier molecular flexibility index (Phi) is 6.77. The van der Waals surface area contributed by atoms with E-state index in [1.165, 1.54) is 37.5 Å². The van der Waals surface area contributed by atoms with E-state index in [1.54, 1.807) is 18.2 Å². The number of methoxy groups -OCH3 is 1. The first-order chi connectivity index (χ1) is 14.3. The third-order valence-corrected chi connectivity index (χ3v) is 5.15. The monoisotopic (exact) mass is 540 g/mol. The van der Waals surface area contributed by atoms with E-state index in [9.17, 15) is 18.8 Å². The van der Waals surface area contributed by atoms with Gasteiger partial charge < -0.3 is 9.47 Å². The molecule has 1 aliphatic rings. The molecule has 154 valence electrons. The van der Waals surface area contributed by atoms with Crippen molar-refractivity contribution in [3.63, 3.8) is 0 Å². The maximum atomic E-state index is 13.2. The van der Waals surface area contributed by atoms with Gasteiger partial charge >= 0.3 is 5.97 Å². The summed E-state index contributed by atoms with van der Waals surface area (Å²) in [5, 5.41) is 2.38. The van der Waals surface area contributed by atoms with E-state index < -0.39 is 23.6 Å². The van der Waals surface area contributed by atoms with Crippen molar-refractivity contribution < 1.29 is 28.2 Å². The molecule has 0 unspecified atom stereocenters. The second-order valence-electron chi connectivity index (χ2n) is 5.99. The second-order valence-corrected chi connectivity index (χ2v) is 7.54. The number of nitrogens with zero attached hydrogens (tertiary/aromatic N) is 1. The first-order valence-electron chi connectivity index (χ1n) is 8.46. The highest BCUT2D eigenvalue weighted by atomic mass is 127. The predicted octanol–water partition coefficient (Wildman–Crippen LogP) is 2.81. The Bertz CT molecular complexity index is 1070. The molecule has 1 fully saturated rings. The summed E-state index contributed by atoms with van der Waals surface area (Å²) >= 11 is 7.12. The molecule has 1 heterocycles. The van der Waals surface area contributed by atoms with Gasteiger partial charge in [-0.3, -0.25) is 19.8 Å². The molecule has 0 spiro atoms. The fourth-order valence-electron chi connectivity index (χ4n) is 2.57. The van der Waals surface area contributed by atoms with Crippen LogP contribution in [-0.4, -0.2) is 36.6 Å². The van der Waals surface area contributed by atoms with Crippen molar-refractivity contribution in [3.8, 4) is 5.75 Å². The quantitative estimate of drug-likeness (QED) is 0.207. The van der Waals surface area contributed by atoms with E-state index in [0.717, 1.165) is 4.90 Å². The summed E-state index contributed by atoms with van der Waals surface area (Å²) in [6.45, 7) is -0.238. The molecule has 7 nitrogen and oxygen atoms in total. The van der Waals surface area contributed by atoms with Crippen LogP contribution in [0.3, 0.4) is 0 Å². The minimum absolute atomic E-state index is 0.0881. The van der Waals surface area contributed by atoms with Crippen LogP contribution in [0.4, 0.5) is 10.1 Å². The van der Waals surface area contributed by atoms with Gasteiger partial charge in [-0.1, -0.05) is 6.07 Å². The lowest BCUT2D eigenvalue weighted by Crippen LogP contribution is -2.54. The van der Waals surface area contributed by atoms with Crippen LogP contribution in [0.25, 0.3) is 6.08 Å². The zero-order valence-electron chi connectivity index (χ0n) is 15.5. The molecule has 1 saturated heterocycles. The van der Waals surface area contributed by atoms with Gasteiger partial charge in [0.2, 0.25) is 0 Å². The number of esters is 1. The molecule has 0 aromatic heterocycles.